The monoisotopic (exact) mass is 248 g/mol. The second kappa shape index (κ2) is 2.61. The lowest BCUT2D eigenvalue weighted by Gasteiger charge is -2.62. The molecule has 0 aliphatic heterocycles. The fraction of sp³-hybridized carbons (Fsp3) is 0.857. The topological polar surface area (TPSA) is 52.6 Å². The van der Waals surface area contributed by atoms with Crippen LogP contribution < -0.4 is 0 Å². The van der Waals surface area contributed by atoms with Gasteiger partial charge in [-0.25, -0.2) is 0 Å². The zero-order valence-corrected chi connectivity index (χ0v) is 10.4. The molecule has 0 aromatic heterocycles. The van der Waals surface area contributed by atoms with E-state index in [1.807, 2.05) is 0 Å². The van der Waals surface area contributed by atoms with Gasteiger partial charge in [0.2, 0.25) is 0 Å². The lowest BCUT2D eigenvalue weighted by molar-refractivity contribution is -0.183. The Hall–Kier alpha value is -1.06. The Morgan fingerprint density at radius 3 is 1.22 bits per heavy atom. The molecule has 6 aliphatic rings. The van der Waals surface area contributed by atoms with Gasteiger partial charge in [-0.3, -0.25) is 9.59 Å². The van der Waals surface area contributed by atoms with Crippen LogP contribution >= 0.6 is 0 Å². The van der Waals surface area contributed by atoms with Gasteiger partial charge in [-0.1, -0.05) is 0 Å². The number of rotatable bonds is 2. The lowest BCUT2D eigenvalue weighted by Crippen LogP contribution is -2.61. The van der Waals surface area contributed by atoms with Crippen LogP contribution in [0, 0.1) is 47.3 Å². The van der Waals surface area contributed by atoms with Gasteiger partial charge in [0, 0.05) is 37.5 Å². The number of esters is 2. The van der Waals surface area contributed by atoms with E-state index < -0.39 is 0 Å². The number of carbonyl (C=O) groups excluding carboxylic acids is 2. The third-order valence-electron chi connectivity index (χ3n) is 6.57. The predicted octanol–water partition coefficient (Wildman–Crippen LogP) is 0.847. The van der Waals surface area contributed by atoms with Crippen molar-refractivity contribution in [1.82, 2.24) is 0 Å². The second-order valence-electron chi connectivity index (χ2n) is 6.77. The molecule has 4 nitrogen and oxygen atoms in total. The Morgan fingerprint density at radius 1 is 0.611 bits per heavy atom. The van der Waals surface area contributed by atoms with E-state index in [1.54, 1.807) is 0 Å². The third kappa shape index (κ3) is 0.733. The number of hydrogen-bond acceptors (Lipinski definition) is 4. The summed E-state index contributed by atoms with van der Waals surface area (Å²) in [5.41, 5.74) is 0. The molecule has 0 radical (unpaired) electrons. The molecule has 0 heterocycles. The number of hydrogen-bond donors (Lipinski definition) is 0. The van der Waals surface area contributed by atoms with Crippen LogP contribution in [0.25, 0.3) is 0 Å². The Morgan fingerprint density at radius 2 is 0.889 bits per heavy atom. The number of carbonyl (C=O) groups is 2. The summed E-state index contributed by atoms with van der Waals surface area (Å²) in [6.45, 7) is 3.00. The van der Waals surface area contributed by atoms with Crippen molar-refractivity contribution < 1.29 is 19.1 Å². The summed E-state index contributed by atoms with van der Waals surface area (Å²) >= 11 is 0. The average molecular weight is 248 g/mol. The van der Waals surface area contributed by atoms with Crippen LogP contribution in [0.4, 0.5) is 0 Å². The first kappa shape index (κ1) is 9.82. The minimum absolute atomic E-state index is 0.134. The van der Waals surface area contributed by atoms with Gasteiger partial charge in [-0.2, -0.15) is 0 Å². The molecular formula is C14H16O4. The Kier molecular flexibility index (Phi) is 1.42. The molecule has 0 unspecified atom stereocenters. The first-order valence-corrected chi connectivity index (χ1v) is 6.95. The molecule has 6 aliphatic carbocycles. The summed E-state index contributed by atoms with van der Waals surface area (Å²) in [5.74, 6) is 4.80. The highest BCUT2D eigenvalue weighted by Crippen LogP contribution is 2.89. The molecule has 10 atom stereocenters. The first-order chi connectivity index (χ1) is 8.61. The largest absolute Gasteiger partial charge is 0.462 e. The summed E-state index contributed by atoms with van der Waals surface area (Å²) in [4.78, 5) is 22.5. The van der Waals surface area contributed by atoms with Crippen molar-refractivity contribution in [3.05, 3.63) is 0 Å². The van der Waals surface area contributed by atoms with E-state index in [0.717, 1.165) is 11.8 Å². The van der Waals surface area contributed by atoms with Gasteiger partial charge < -0.3 is 9.47 Å². The quantitative estimate of drug-likeness (QED) is 0.680. The zero-order valence-electron chi connectivity index (χ0n) is 10.4. The van der Waals surface area contributed by atoms with E-state index in [2.05, 4.69) is 0 Å². The van der Waals surface area contributed by atoms with Crippen LogP contribution in [0.5, 0.6) is 0 Å². The van der Waals surface area contributed by atoms with Crippen LogP contribution in [0.1, 0.15) is 13.8 Å². The molecule has 6 fully saturated rings. The zero-order chi connectivity index (χ0) is 12.3. The summed E-state index contributed by atoms with van der Waals surface area (Å²) in [6.07, 6.45) is 0.267. The van der Waals surface area contributed by atoms with Crippen molar-refractivity contribution in [1.29, 1.82) is 0 Å². The van der Waals surface area contributed by atoms with Crippen LogP contribution in [0.15, 0.2) is 0 Å². The van der Waals surface area contributed by atoms with E-state index >= 15 is 0 Å². The molecule has 6 rings (SSSR count). The van der Waals surface area contributed by atoms with E-state index in [1.165, 1.54) is 13.8 Å². The smallest absolute Gasteiger partial charge is 0.302 e. The third-order valence-corrected chi connectivity index (χ3v) is 6.57. The Bertz CT molecular complexity index is 442. The van der Waals surface area contributed by atoms with E-state index in [4.69, 9.17) is 9.47 Å². The van der Waals surface area contributed by atoms with Crippen LogP contribution in [-0.2, 0) is 19.1 Å². The maximum Gasteiger partial charge on any atom is 0.302 e. The molecule has 0 aromatic carbocycles. The van der Waals surface area contributed by atoms with E-state index in [-0.39, 0.29) is 24.1 Å². The molecule has 18 heavy (non-hydrogen) atoms. The Labute approximate surface area is 105 Å². The van der Waals surface area contributed by atoms with Crippen molar-refractivity contribution in [2.24, 2.45) is 47.3 Å². The molecule has 4 bridgehead atoms. The highest BCUT2D eigenvalue weighted by molar-refractivity contribution is 5.67. The molecule has 0 spiro atoms. The van der Waals surface area contributed by atoms with Gasteiger partial charge in [-0.05, 0) is 23.7 Å². The molecule has 6 saturated carbocycles. The van der Waals surface area contributed by atoms with Gasteiger partial charge in [0.1, 0.15) is 12.2 Å². The summed E-state index contributed by atoms with van der Waals surface area (Å²) in [6, 6.07) is 0. The molecule has 96 valence electrons. The molecule has 0 amide bonds. The molecule has 0 saturated heterocycles. The standard InChI is InChI=1S/C14H16O4/c1-3(15)17-13-9-5-6-7(9)12-11(13)8(5)10(6)14(12)18-4(2)16/h5-14H,1-2H3/t5-,6-,7-,8+,9+,10+,11-,12+,13-,14+/m1/s1. The van der Waals surface area contributed by atoms with Gasteiger partial charge in [0.05, 0.1) is 0 Å². The summed E-state index contributed by atoms with van der Waals surface area (Å²) in [7, 11) is 0. The van der Waals surface area contributed by atoms with Gasteiger partial charge in [0.25, 0.3) is 0 Å². The SMILES string of the molecule is CC(=O)O[C@@H]1[C@@H]2[C@@H]3[C@H](OC(C)=O)[C@@H]4[C@H]2[C@@H]2[C@H]1[C@@H]3[C@H]42. The van der Waals surface area contributed by atoms with Crippen LogP contribution in [-0.4, -0.2) is 24.1 Å². The molecule has 0 aromatic rings. The van der Waals surface area contributed by atoms with E-state index in [9.17, 15) is 9.59 Å². The second-order valence-corrected chi connectivity index (χ2v) is 6.77. The van der Waals surface area contributed by atoms with Crippen molar-refractivity contribution in [3.8, 4) is 0 Å². The predicted molar refractivity (Wildman–Crippen MR) is 59.0 cm³/mol. The van der Waals surface area contributed by atoms with Crippen molar-refractivity contribution >= 4 is 11.9 Å². The Balaban J connectivity index is 1.49. The highest BCUT2D eigenvalue weighted by Gasteiger charge is 2.91. The van der Waals surface area contributed by atoms with Crippen LogP contribution in [0.3, 0.4) is 0 Å². The minimum Gasteiger partial charge on any atom is -0.462 e. The van der Waals surface area contributed by atoms with Gasteiger partial charge in [0.15, 0.2) is 0 Å². The molecule has 4 heteroatoms. The fourth-order valence-corrected chi connectivity index (χ4v) is 6.78. The van der Waals surface area contributed by atoms with Crippen molar-refractivity contribution in [3.63, 3.8) is 0 Å². The maximum absolute atomic E-state index is 11.2. The normalized spacial score (nSPS) is 63.4. The number of ether oxygens (including phenoxy) is 2. The molecule has 0 N–H and O–H groups in total. The average Bonchev–Trinajstić information content (AvgIpc) is 2.69. The van der Waals surface area contributed by atoms with E-state index in [0.29, 0.717) is 35.5 Å². The fourth-order valence-electron chi connectivity index (χ4n) is 6.78. The first-order valence-electron chi connectivity index (χ1n) is 6.95. The minimum atomic E-state index is -0.156. The summed E-state index contributed by atoms with van der Waals surface area (Å²) < 4.78 is 11.1. The molecular weight excluding hydrogens is 232 g/mol. The lowest BCUT2D eigenvalue weighted by atomic mass is 9.41. The highest BCUT2D eigenvalue weighted by atomic mass is 16.6. The summed E-state index contributed by atoms with van der Waals surface area (Å²) in [5, 5.41) is 0. The van der Waals surface area contributed by atoms with Crippen molar-refractivity contribution in [2.45, 2.75) is 26.1 Å². The van der Waals surface area contributed by atoms with Gasteiger partial charge in [-0.15, -0.1) is 0 Å². The van der Waals surface area contributed by atoms with Gasteiger partial charge >= 0.3 is 11.9 Å². The maximum atomic E-state index is 11.2. The van der Waals surface area contributed by atoms with Crippen LogP contribution in [0.2, 0.25) is 0 Å². The van der Waals surface area contributed by atoms with Crippen molar-refractivity contribution in [2.75, 3.05) is 0 Å².